The molecule has 0 saturated carbocycles. The van der Waals surface area contributed by atoms with E-state index in [0.717, 1.165) is 0 Å². The van der Waals surface area contributed by atoms with Crippen LogP contribution in [-0.4, -0.2) is 25.6 Å². The maximum Gasteiger partial charge on any atom is 0.189 e. The van der Waals surface area contributed by atoms with Gasteiger partial charge in [-0.1, -0.05) is 12.1 Å². The van der Waals surface area contributed by atoms with Crippen LogP contribution in [0.25, 0.3) is 0 Å². The third-order valence-electron chi connectivity index (χ3n) is 2.32. The summed E-state index contributed by atoms with van der Waals surface area (Å²) in [5.74, 6) is -0.346. The van der Waals surface area contributed by atoms with E-state index in [1.807, 2.05) is 0 Å². The van der Waals surface area contributed by atoms with Crippen LogP contribution in [-0.2, 0) is 15.1 Å². The van der Waals surface area contributed by atoms with Gasteiger partial charge in [0.05, 0.1) is 0 Å². The molecule has 3 nitrogen and oxygen atoms in total. The Labute approximate surface area is 88.4 Å². The second-order valence-electron chi connectivity index (χ2n) is 3.46. The predicted molar refractivity (Wildman–Crippen MR) is 53.8 cm³/mol. The van der Waals surface area contributed by atoms with E-state index < -0.39 is 11.9 Å². The summed E-state index contributed by atoms with van der Waals surface area (Å²) in [6, 6.07) is 5.57. The van der Waals surface area contributed by atoms with Gasteiger partial charge >= 0.3 is 0 Å². The van der Waals surface area contributed by atoms with E-state index in [0.29, 0.717) is 5.56 Å². The molecule has 0 amide bonds. The Bertz CT molecular complexity index is 304. The molecule has 1 N–H and O–H groups in total. The predicted octanol–water partition coefficient (Wildman–Crippen LogP) is 1.65. The van der Waals surface area contributed by atoms with Crippen molar-refractivity contribution in [3.63, 3.8) is 0 Å². The number of halogens is 1. The van der Waals surface area contributed by atoms with Crippen LogP contribution in [0.1, 0.15) is 12.5 Å². The average molecular weight is 214 g/mol. The largest absolute Gasteiger partial charge is 0.380 e. The topological polar surface area (TPSA) is 38.7 Å². The summed E-state index contributed by atoms with van der Waals surface area (Å²) < 4.78 is 22.7. The lowest BCUT2D eigenvalue weighted by molar-refractivity contribution is -0.213. The molecule has 0 fully saturated rings. The molecule has 1 rings (SSSR count). The summed E-state index contributed by atoms with van der Waals surface area (Å²) in [5, 5.41) is 10.2. The average Bonchev–Trinajstić information content (AvgIpc) is 2.19. The van der Waals surface area contributed by atoms with E-state index in [1.165, 1.54) is 38.5 Å². The first-order valence-corrected chi connectivity index (χ1v) is 4.56. The van der Waals surface area contributed by atoms with E-state index in [2.05, 4.69) is 0 Å². The van der Waals surface area contributed by atoms with Crippen LogP contribution >= 0.6 is 0 Å². The lowest BCUT2D eigenvalue weighted by Crippen LogP contribution is -2.39. The van der Waals surface area contributed by atoms with Crippen molar-refractivity contribution in [1.29, 1.82) is 0 Å². The molecular weight excluding hydrogens is 199 g/mol. The van der Waals surface area contributed by atoms with Gasteiger partial charge < -0.3 is 14.6 Å². The maximum atomic E-state index is 12.7. The van der Waals surface area contributed by atoms with Crippen LogP contribution in [0.15, 0.2) is 24.3 Å². The van der Waals surface area contributed by atoms with Gasteiger partial charge in [0.1, 0.15) is 11.4 Å². The SMILES string of the molecule is COC(OC)[C@](C)(O)c1ccc(F)cc1. The lowest BCUT2D eigenvalue weighted by atomic mass is 9.95. The molecule has 0 saturated heterocycles. The minimum absolute atomic E-state index is 0.346. The Morgan fingerprint density at radius 2 is 1.67 bits per heavy atom. The number of ether oxygens (including phenoxy) is 2. The first-order valence-electron chi connectivity index (χ1n) is 4.56. The van der Waals surface area contributed by atoms with E-state index in [-0.39, 0.29) is 5.82 Å². The Morgan fingerprint density at radius 3 is 2.07 bits per heavy atom. The molecular formula is C11H15FO3. The molecule has 1 aromatic carbocycles. The van der Waals surface area contributed by atoms with Gasteiger partial charge in [-0.25, -0.2) is 4.39 Å². The van der Waals surface area contributed by atoms with Gasteiger partial charge in [0.15, 0.2) is 6.29 Å². The van der Waals surface area contributed by atoms with E-state index in [9.17, 15) is 9.50 Å². The molecule has 0 unspecified atom stereocenters. The Balaban J connectivity index is 2.98. The zero-order valence-corrected chi connectivity index (χ0v) is 9.03. The molecule has 0 spiro atoms. The van der Waals surface area contributed by atoms with Crippen molar-refractivity contribution >= 4 is 0 Å². The molecule has 0 bridgehead atoms. The fourth-order valence-corrected chi connectivity index (χ4v) is 1.48. The van der Waals surface area contributed by atoms with Crippen LogP contribution < -0.4 is 0 Å². The molecule has 0 heterocycles. The molecule has 0 aromatic heterocycles. The van der Waals surface area contributed by atoms with Crippen molar-refractivity contribution in [2.24, 2.45) is 0 Å². The van der Waals surface area contributed by atoms with Crippen molar-refractivity contribution in [1.82, 2.24) is 0 Å². The standard InChI is InChI=1S/C11H15FO3/c1-11(13,10(14-2)15-3)8-4-6-9(12)7-5-8/h4-7,10,13H,1-3H3/t11-/m1/s1. The highest BCUT2D eigenvalue weighted by molar-refractivity contribution is 5.23. The van der Waals surface area contributed by atoms with Gasteiger partial charge in [-0.15, -0.1) is 0 Å². The molecule has 0 aliphatic carbocycles. The van der Waals surface area contributed by atoms with Gasteiger partial charge in [0.2, 0.25) is 0 Å². The van der Waals surface area contributed by atoms with Gasteiger partial charge in [-0.05, 0) is 24.6 Å². The van der Waals surface area contributed by atoms with Crippen molar-refractivity contribution in [2.75, 3.05) is 14.2 Å². The van der Waals surface area contributed by atoms with Crippen LogP contribution in [0.3, 0.4) is 0 Å². The van der Waals surface area contributed by atoms with Crippen molar-refractivity contribution in [2.45, 2.75) is 18.8 Å². The van der Waals surface area contributed by atoms with E-state index in [4.69, 9.17) is 9.47 Å². The van der Waals surface area contributed by atoms with Crippen LogP contribution in [0, 0.1) is 5.82 Å². The normalized spacial score (nSPS) is 15.3. The van der Waals surface area contributed by atoms with Gasteiger partial charge in [-0.3, -0.25) is 0 Å². The third-order valence-corrected chi connectivity index (χ3v) is 2.32. The minimum Gasteiger partial charge on any atom is -0.380 e. The monoisotopic (exact) mass is 214 g/mol. The quantitative estimate of drug-likeness (QED) is 0.774. The fourth-order valence-electron chi connectivity index (χ4n) is 1.48. The maximum absolute atomic E-state index is 12.7. The number of aliphatic hydroxyl groups is 1. The number of benzene rings is 1. The highest BCUT2D eigenvalue weighted by Gasteiger charge is 2.34. The molecule has 1 aromatic rings. The van der Waals surface area contributed by atoms with E-state index in [1.54, 1.807) is 6.92 Å². The summed E-state index contributed by atoms with van der Waals surface area (Å²) in [7, 11) is 2.87. The summed E-state index contributed by atoms with van der Waals surface area (Å²) in [6.07, 6.45) is -0.789. The highest BCUT2D eigenvalue weighted by atomic mass is 19.1. The van der Waals surface area contributed by atoms with Crippen molar-refractivity contribution in [3.8, 4) is 0 Å². The second-order valence-corrected chi connectivity index (χ2v) is 3.46. The number of hydrogen-bond acceptors (Lipinski definition) is 3. The van der Waals surface area contributed by atoms with Crippen LogP contribution in [0.4, 0.5) is 4.39 Å². The molecule has 0 radical (unpaired) electrons. The summed E-state index contributed by atoms with van der Waals surface area (Å²) in [6.45, 7) is 1.55. The zero-order chi connectivity index (χ0) is 11.5. The second kappa shape index (κ2) is 4.70. The summed E-state index contributed by atoms with van der Waals surface area (Å²) in [5.41, 5.74) is -0.769. The molecule has 0 aliphatic rings. The molecule has 84 valence electrons. The first kappa shape index (κ1) is 12.1. The summed E-state index contributed by atoms with van der Waals surface area (Å²) >= 11 is 0. The van der Waals surface area contributed by atoms with E-state index >= 15 is 0 Å². The van der Waals surface area contributed by atoms with Gasteiger partial charge in [-0.2, -0.15) is 0 Å². The molecule has 15 heavy (non-hydrogen) atoms. The minimum atomic E-state index is -1.31. The fraction of sp³-hybridized carbons (Fsp3) is 0.455. The lowest BCUT2D eigenvalue weighted by Gasteiger charge is -2.30. The summed E-state index contributed by atoms with van der Waals surface area (Å²) in [4.78, 5) is 0. The smallest absolute Gasteiger partial charge is 0.189 e. The number of rotatable bonds is 4. The number of hydrogen-bond donors (Lipinski definition) is 1. The Kier molecular flexibility index (Phi) is 3.79. The van der Waals surface area contributed by atoms with Gasteiger partial charge in [0, 0.05) is 14.2 Å². The third kappa shape index (κ3) is 2.53. The van der Waals surface area contributed by atoms with Crippen LogP contribution in [0.2, 0.25) is 0 Å². The molecule has 1 atom stereocenters. The Morgan fingerprint density at radius 1 is 1.20 bits per heavy atom. The molecule has 0 aliphatic heterocycles. The van der Waals surface area contributed by atoms with Crippen molar-refractivity contribution in [3.05, 3.63) is 35.6 Å². The zero-order valence-electron chi connectivity index (χ0n) is 9.03. The van der Waals surface area contributed by atoms with Crippen molar-refractivity contribution < 1.29 is 19.0 Å². The van der Waals surface area contributed by atoms with Crippen LogP contribution in [0.5, 0.6) is 0 Å². The number of methoxy groups -OCH3 is 2. The molecule has 4 heteroatoms. The highest BCUT2D eigenvalue weighted by Crippen LogP contribution is 2.26. The first-order chi connectivity index (χ1) is 7.02. The Hall–Kier alpha value is -0.970. The van der Waals surface area contributed by atoms with Gasteiger partial charge in [0.25, 0.3) is 0 Å².